The van der Waals surface area contributed by atoms with E-state index in [9.17, 15) is 14.7 Å². The molecule has 3 atom stereocenters. The van der Waals surface area contributed by atoms with Crippen LogP contribution in [0.2, 0.25) is 0 Å². The predicted molar refractivity (Wildman–Crippen MR) is 113 cm³/mol. The van der Waals surface area contributed by atoms with Crippen molar-refractivity contribution in [3.63, 3.8) is 0 Å². The van der Waals surface area contributed by atoms with Gasteiger partial charge in [-0.05, 0) is 43.4 Å². The second kappa shape index (κ2) is 8.96. The molecule has 1 aliphatic heterocycles. The summed E-state index contributed by atoms with van der Waals surface area (Å²) in [4.78, 5) is 25.6. The minimum atomic E-state index is -0.594. The lowest BCUT2D eigenvalue weighted by Crippen LogP contribution is -2.38. The molecule has 1 aromatic carbocycles. The highest BCUT2D eigenvalue weighted by Crippen LogP contribution is 2.47. The van der Waals surface area contributed by atoms with E-state index in [1.165, 1.54) is 19.8 Å². The molecule has 1 saturated heterocycles. The smallest absolute Gasteiger partial charge is 0.233 e. The fraction of sp³-hybridized carbons (Fsp3) is 0.636. The van der Waals surface area contributed by atoms with Gasteiger partial charge in [0.25, 0.3) is 0 Å². The molecule has 1 aliphatic carbocycles. The van der Waals surface area contributed by atoms with E-state index in [0.29, 0.717) is 37.1 Å². The van der Waals surface area contributed by atoms with Gasteiger partial charge in [-0.1, -0.05) is 24.8 Å². The number of ether oxygens (including phenoxy) is 2. The summed E-state index contributed by atoms with van der Waals surface area (Å²) in [5.41, 5.74) is 0.536. The Balaban J connectivity index is 1.83. The lowest BCUT2D eigenvalue weighted by atomic mass is 9.72. The number of methoxy groups -OCH3 is 1. The van der Waals surface area contributed by atoms with Crippen LogP contribution in [0.3, 0.4) is 0 Å². The van der Waals surface area contributed by atoms with Crippen LogP contribution in [0.4, 0.5) is 0 Å². The predicted octanol–water partition coefficient (Wildman–Crippen LogP) is 3.08. The summed E-state index contributed by atoms with van der Waals surface area (Å²) in [5, 5.41) is 10.5. The Morgan fingerprint density at radius 1 is 1.34 bits per heavy atom. The van der Waals surface area contributed by atoms with E-state index < -0.39 is 11.5 Å². The first kappa shape index (κ1) is 22.0. The molecule has 3 rings (SSSR count). The van der Waals surface area contributed by atoms with E-state index in [-0.39, 0.29) is 22.7 Å². The third-order valence-corrected chi connectivity index (χ3v) is 7.00. The molecule has 3 unspecified atom stereocenters. The number of nitrogens with zero attached hydrogens (tertiary/aromatic N) is 1. The van der Waals surface area contributed by atoms with Crippen molar-refractivity contribution in [1.29, 1.82) is 0 Å². The van der Waals surface area contributed by atoms with Gasteiger partial charge < -0.3 is 19.5 Å². The monoisotopic (exact) mass is 421 g/mol. The first-order valence-corrected chi connectivity index (χ1v) is 11.1. The molecule has 0 spiro atoms. The largest absolute Gasteiger partial charge is 0.493 e. The summed E-state index contributed by atoms with van der Waals surface area (Å²) in [7, 11) is 1.63. The van der Waals surface area contributed by atoms with Gasteiger partial charge in [-0.25, -0.2) is 0 Å². The molecule has 2 fully saturated rings. The van der Waals surface area contributed by atoms with Crippen molar-refractivity contribution in [3.8, 4) is 11.5 Å². The average molecular weight is 422 g/mol. The molecular weight excluding hydrogens is 390 g/mol. The first-order valence-electron chi connectivity index (χ1n) is 10.1. The van der Waals surface area contributed by atoms with Gasteiger partial charge in [0.15, 0.2) is 16.6 Å². The molecule has 0 radical (unpaired) electrons. The number of amides is 1. The van der Waals surface area contributed by atoms with Gasteiger partial charge in [0, 0.05) is 31.3 Å². The topological polar surface area (TPSA) is 76.1 Å². The molecule has 1 saturated carbocycles. The van der Waals surface area contributed by atoms with E-state index in [2.05, 4.69) is 0 Å². The number of benzene rings is 1. The molecule has 1 amide bonds. The second-order valence-corrected chi connectivity index (χ2v) is 9.61. The van der Waals surface area contributed by atoms with Gasteiger partial charge in [-0.2, -0.15) is 0 Å². The Hall–Kier alpha value is -1.73. The number of likely N-dealkylation sites (tertiary alicyclic amines) is 1. The van der Waals surface area contributed by atoms with E-state index in [1.807, 2.05) is 25.1 Å². The van der Waals surface area contributed by atoms with Crippen LogP contribution in [0.5, 0.6) is 11.5 Å². The van der Waals surface area contributed by atoms with Crippen molar-refractivity contribution < 1.29 is 24.2 Å². The van der Waals surface area contributed by atoms with Crippen LogP contribution in [0.25, 0.3) is 0 Å². The number of carbonyl (C=O) groups is 2. The summed E-state index contributed by atoms with van der Waals surface area (Å²) < 4.78 is 11.5. The van der Waals surface area contributed by atoms with Crippen molar-refractivity contribution in [2.45, 2.75) is 45.6 Å². The van der Waals surface area contributed by atoms with Gasteiger partial charge >= 0.3 is 0 Å². The zero-order valence-corrected chi connectivity index (χ0v) is 18.5. The van der Waals surface area contributed by atoms with Gasteiger partial charge in [0.05, 0.1) is 25.6 Å². The third-order valence-electron chi connectivity index (χ3n) is 6.20. The standard InChI is InChI=1S/C22H31NO5S/c1-14(24)22(3)13-23(21(26)12-29-15(2)25)10-18(22)17-7-8-19(27-4)20(9-17)28-11-16-5-6-16/h7-9,14,16,18,24H,5-6,10-13H2,1-4H3. The molecule has 0 aromatic heterocycles. The van der Waals surface area contributed by atoms with E-state index in [1.54, 1.807) is 18.9 Å². The van der Waals surface area contributed by atoms with E-state index >= 15 is 0 Å². The number of hydrogen-bond donors (Lipinski definition) is 1. The number of thioether (sulfide) groups is 1. The lowest BCUT2D eigenvalue weighted by Gasteiger charge is -2.33. The Morgan fingerprint density at radius 3 is 2.66 bits per heavy atom. The summed E-state index contributed by atoms with van der Waals surface area (Å²) in [5.74, 6) is 2.06. The minimum absolute atomic E-state index is 0.0389. The minimum Gasteiger partial charge on any atom is -0.493 e. The Labute approximate surface area is 176 Å². The van der Waals surface area contributed by atoms with Crippen molar-refractivity contribution in [2.75, 3.05) is 32.6 Å². The molecule has 1 N–H and O–H groups in total. The van der Waals surface area contributed by atoms with Gasteiger partial charge in [-0.3, -0.25) is 9.59 Å². The van der Waals surface area contributed by atoms with Crippen LogP contribution >= 0.6 is 11.8 Å². The molecule has 2 aliphatic rings. The number of aliphatic hydroxyl groups is 1. The van der Waals surface area contributed by atoms with E-state index in [4.69, 9.17) is 9.47 Å². The summed E-state index contributed by atoms with van der Waals surface area (Å²) in [6.45, 7) is 6.90. The normalized spacial score (nSPS) is 25.0. The quantitative estimate of drug-likeness (QED) is 0.695. The number of aliphatic hydroxyl groups excluding tert-OH is 1. The zero-order valence-electron chi connectivity index (χ0n) is 17.6. The van der Waals surface area contributed by atoms with Crippen LogP contribution in [-0.2, 0) is 9.59 Å². The molecule has 29 heavy (non-hydrogen) atoms. The molecule has 160 valence electrons. The first-order chi connectivity index (χ1) is 13.7. The fourth-order valence-electron chi connectivity index (χ4n) is 3.88. The Morgan fingerprint density at radius 2 is 2.07 bits per heavy atom. The van der Waals surface area contributed by atoms with Crippen LogP contribution in [0.1, 0.15) is 45.1 Å². The highest BCUT2D eigenvalue weighted by atomic mass is 32.2. The van der Waals surface area contributed by atoms with Gasteiger partial charge in [-0.15, -0.1) is 0 Å². The molecule has 1 aromatic rings. The fourth-order valence-corrected chi connectivity index (χ4v) is 4.39. The van der Waals surface area contributed by atoms with Crippen LogP contribution in [-0.4, -0.2) is 59.7 Å². The maximum absolute atomic E-state index is 12.6. The molecule has 1 heterocycles. The van der Waals surface area contributed by atoms with E-state index in [0.717, 1.165) is 17.3 Å². The third kappa shape index (κ3) is 5.07. The van der Waals surface area contributed by atoms with Crippen molar-refractivity contribution in [1.82, 2.24) is 4.90 Å². The van der Waals surface area contributed by atoms with Gasteiger partial charge in [0.2, 0.25) is 5.91 Å². The molecule has 6 nitrogen and oxygen atoms in total. The Bertz CT molecular complexity index is 764. The van der Waals surface area contributed by atoms with Crippen molar-refractivity contribution >= 4 is 22.8 Å². The maximum atomic E-state index is 12.6. The number of rotatable bonds is 8. The van der Waals surface area contributed by atoms with Crippen LogP contribution in [0.15, 0.2) is 18.2 Å². The van der Waals surface area contributed by atoms with Crippen LogP contribution in [0, 0.1) is 11.3 Å². The Kier molecular flexibility index (Phi) is 6.79. The zero-order chi connectivity index (χ0) is 21.2. The van der Waals surface area contributed by atoms with Gasteiger partial charge in [0.1, 0.15) is 0 Å². The average Bonchev–Trinajstić information content (AvgIpc) is 3.44. The second-order valence-electron chi connectivity index (χ2n) is 8.45. The molecular formula is C22H31NO5S. The molecule has 0 bridgehead atoms. The summed E-state index contributed by atoms with van der Waals surface area (Å²) in [6, 6.07) is 5.88. The number of carbonyl (C=O) groups excluding carboxylic acids is 2. The molecule has 7 heteroatoms. The summed E-state index contributed by atoms with van der Waals surface area (Å²) in [6.07, 6.45) is 1.82. The highest BCUT2D eigenvalue weighted by molar-refractivity contribution is 8.14. The van der Waals surface area contributed by atoms with Crippen molar-refractivity contribution in [3.05, 3.63) is 23.8 Å². The lowest BCUT2D eigenvalue weighted by molar-refractivity contribution is -0.128. The van der Waals surface area contributed by atoms with Crippen LogP contribution < -0.4 is 9.47 Å². The highest BCUT2D eigenvalue weighted by Gasteiger charge is 2.48. The van der Waals surface area contributed by atoms with Crippen molar-refractivity contribution in [2.24, 2.45) is 11.3 Å². The maximum Gasteiger partial charge on any atom is 0.233 e. The number of hydrogen-bond acceptors (Lipinski definition) is 6. The SMILES string of the molecule is COc1ccc(C2CN(C(=O)CSC(C)=O)CC2(C)C(C)O)cc1OCC1CC1. The summed E-state index contributed by atoms with van der Waals surface area (Å²) >= 11 is 1.03.